The number of hydrogen-bond donors (Lipinski definition) is 2. The first kappa shape index (κ1) is 30.8. The number of hydrogen-bond acceptors (Lipinski definition) is 5. The van der Waals surface area contributed by atoms with Crippen molar-refractivity contribution in [3.05, 3.63) is 102 Å². The fraction of sp³-hybridized carbons (Fsp3) is 0.257. The van der Waals surface area contributed by atoms with Crippen LogP contribution in [-0.4, -0.2) is 31.0 Å². The maximum Gasteiger partial charge on any atom is 0.341 e. The molecule has 1 amide bonds. The highest BCUT2D eigenvalue weighted by molar-refractivity contribution is 7.92. The molecule has 9 heteroatoms. The first-order valence-electron chi connectivity index (χ1n) is 14.6. The summed E-state index contributed by atoms with van der Waals surface area (Å²) >= 11 is 0. The van der Waals surface area contributed by atoms with Gasteiger partial charge >= 0.3 is 5.97 Å². The Balaban J connectivity index is 1.33. The lowest BCUT2D eigenvalue weighted by molar-refractivity contribution is -0.123. The van der Waals surface area contributed by atoms with Crippen LogP contribution < -0.4 is 10.0 Å². The van der Waals surface area contributed by atoms with Crippen LogP contribution in [0.1, 0.15) is 56.1 Å². The van der Waals surface area contributed by atoms with Crippen LogP contribution in [0.4, 0.5) is 11.4 Å². The van der Waals surface area contributed by atoms with Crippen molar-refractivity contribution < 1.29 is 22.7 Å². The van der Waals surface area contributed by atoms with Gasteiger partial charge in [-0.2, -0.15) is 0 Å². The van der Waals surface area contributed by atoms with Gasteiger partial charge in [-0.3, -0.25) is 9.52 Å². The van der Waals surface area contributed by atoms with Crippen LogP contribution in [0.5, 0.6) is 0 Å². The zero-order valence-electron chi connectivity index (χ0n) is 25.8. The number of carbonyl (C=O) groups excluding carboxylic acids is 2. The fourth-order valence-corrected chi connectivity index (χ4v) is 6.65. The summed E-state index contributed by atoms with van der Waals surface area (Å²) in [5.74, 6) is -1.34. The van der Waals surface area contributed by atoms with Crippen molar-refractivity contribution >= 4 is 55.1 Å². The summed E-state index contributed by atoms with van der Waals surface area (Å²) in [4.78, 5) is 26.4. The van der Waals surface area contributed by atoms with Crippen molar-refractivity contribution in [2.24, 2.45) is 0 Å². The molecule has 0 aliphatic heterocycles. The van der Waals surface area contributed by atoms with Gasteiger partial charge in [0.1, 0.15) is 0 Å². The Kier molecular flexibility index (Phi) is 8.27. The number of esters is 1. The molecule has 4 aromatic carbocycles. The van der Waals surface area contributed by atoms with Crippen molar-refractivity contribution in [1.29, 1.82) is 0 Å². The molecule has 5 aromatic rings. The van der Waals surface area contributed by atoms with Gasteiger partial charge in [-0.05, 0) is 79.8 Å². The van der Waals surface area contributed by atoms with E-state index in [9.17, 15) is 18.0 Å². The quantitative estimate of drug-likeness (QED) is 0.178. The van der Waals surface area contributed by atoms with E-state index in [2.05, 4.69) is 27.6 Å². The molecule has 0 radical (unpaired) electrons. The fourth-order valence-electron chi connectivity index (χ4n) is 5.30. The molecular weight excluding hydrogens is 574 g/mol. The number of sulfonamides is 1. The van der Waals surface area contributed by atoms with E-state index >= 15 is 0 Å². The lowest BCUT2D eigenvalue weighted by Gasteiger charge is -2.21. The highest BCUT2D eigenvalue weighted by Crippen LogP contribution is 2.32. The van der Waals surface area contributed by atoms with Crippen molar-refractivity contribution in [2.45, 2.75) is 64.5 Å². The molecule has 8 nitrogen and oxygen atoms in total. The lowest BCUT2D eigenvalue weighted by Crippen LogP contribution is -2.30. The molecule has 0 saturated heterocycles. The Hall–Kier alpha value is -4.63. The average Bonchev–Trinajstić information content (AvgIpc) is 3.29. The summed E-state index contributed by atoms with van der Waals surface area (Å²) in [7, 11) is -4.04. The van der Waals surface area contributed by atoms with Gasteiger partial charge in [0, 0.05) is 34.0 Å². The number of para-hydroxylation sites is 2. The van der Waals surface area contributed by atoms with Gasteiger partial charge in [0.15, 0.2) is 6.10 Å². The molecule has 0 unspecified atom stereocenters. The summed E-state index contributed by atoms with van der Waals surface area (Å²) < 4.78 is 37.2. The number of fused-ring (bicyclic) bond motifs is 3. The van der Waals surface area contributed by atoms with E-state index in [1.807, 2.05) is 63.2 Å². The zero-order valence-corrected chi connectivity index (χ0v) is 26.6. The smallest absolute Gasteiger partial charge is 0.341 e. The number of aromatic nitrogens is 1. The molecule has 0 aliphatic carbocycles. The van der Waals surface area contributed by atoms with E-state index in [4.69, 9.17) is 4.74 Å². The van der Waals surface area contributed by atoms with E-state index in [1.54, 1.807) is 31.2 Å². The molecule has 1 heterocycles. The SMILES string of the molecule is CCn1c2ccccc2c2cc(NC(=O)[C@H](C)OC(=O)c3ccccc3NS(=O)(=O)c3cc(C(C)(C)C)ccc3C)ccc21. The van der Waals surface area contributed by atoms with E-state index in [-0.39, 0.29) is 21.6 Å². The molecule has 0 fully saturated rings. The third kappa shape index (κ3) is 6.05. The van der Waals surface area contributed by atoms with E-state index < -0.39 is 28.0 Å². The Morgan fingerprint density at radius 3 is 2.30 bits per heavy atom. The minimum atomic E-state index is -4.04. The largest absolute Gasteiger partial charge is 0.449 e. The second-order valence-electron chi connectivity index (χ2n) is 11.9. The number of rotatable bonds is 8. The second kappa shape index (κ2) is 11.8. The molecule has 0 spiro atoms. The van der Waals surface area contributed by atoms with Gasteiger partial charge in [-0.25, -0.2) is 13.2 Å². The molecule has 1 aromatic heterocycles. The minimum absolute atomic E-state index is 0.00542. The molecule has 2 N–H and O–H groups in total. The van der Waals surface area contributed by atoms with Crippen molar-refractivity contribution in [3.8, 4) is 0 Å². The molecule has 44 heavy (non-hydrogen) atoms. The van der Waals surface area contributed by atoms with Gasteiger partial charge < -0.3 is 14.6 Å². The van der Waals surface area contributed by atoms with Crippen LogP contribution in [0, 0.1) is 6.92 Å². The molecule has 228 valence electrons. The predicted octanol–water partition coefficient (Wildman–Crippen LogP) is 7.41. The number of ether oxygens (including phenoxy) is 1. The standard InChI is InChI=1S/C35H37N3O5S/c1-7-38-30-15-11-9-12-26(30)28-21-25(18-19-31(28)38)36-33(39)23(3)43-34(40)27-13-8-10-14-29(27)37-44(41,42)32-20-24(35(4,5)6)17-16-22(32)2/h8-21,23,37H,7H2,1-6H3,(H,36,39)/t23-/m0/s1. The minimum Gasteiger partial charge on any atom is -0.449 e. The van der Waals surface area contributed by atoms with Crippen LogP contribution in [0.25, 0.3) is 21.8 Å². The summed E-state index contributed by atoms with van der Waals surface area (Å²) in [6, 6.07) is 25.3. The Morgan fingerprint density at radius 1 is 0.886 bits per heavy atom. The number of carbonyl (C=O) groups is 2. The van der Waals surface area contributed by atoms with Gasteiger partial charge in [0.2, 0.25) is 0 Å². The number of aryl methyl sites for hydroxylation is 2. The third-order valence-corrected chi connectivity index (χ3v) is 9.25. The highest BCUT2D eigenvalue weighted by atomic mass is 32.2. The number of benzene rings is 4. The molecule has 1 atom stereocenters. The second-order valence-corrected chi connectivity index (χ2v) is 13.6. The predicted molar refractivity (Wildman–Crippen MR) is 176 cm³/mol. The van der Waals surface area contributed by atoms with E-state index in [0.717, 1.165) is 33.9 Å². The normalized spacial score (nSPS) is 12.7. The maximum absolute atomic E-state index is 13.5. The van der Waals surface area contributed by atoms with E-state index in [1.165, 1.54) is 19.1 Å². The van der Waals surface area contributed by atoms with Crippen molar-refractivity contribution in [2.75, 3.05) is 10.0 Å². The Labute approximate surface area is 258 Å². The summed E-state index contributed by atoms with van der Waals surface area (Å²) in [5, 5.41) is 4.94. The van der Waals surface area contributed by atoms with E-state index in [0.29, 0.717) is 11.3 Å². The number of nitrogens with one attached hydrogen (secondary N) is 2. The van der Waals surface area contributed by atoms with Crippen LogP contribution >= 0.6 is 0 Å². The maximum atomic E-state index is 13.5. The highest BCUT2D eigenvalue weighted by Gasteiger charge is 2.26. The summed E-state index contributed by atoms with van der Waals surface area (Å²) in [5.41, 5.74) is 3.99. The summed E-state index contributed by atoms with van der Waals surface area (Å²) in [6.45, 7) is 12.1. The van der Waals surface area contributed by atoms with Crippen molar-refractivity contribution in [3.63, 3.8) is 0 Å². The molecular formula is C35H37N3O5S. The molecule has 0 bridgehead atoms. The number of amides is 1. The van der Waals surface area contributed by atoms with Gasteiger partial charge in [0.25, 0.3) is 15.9 Å². The zero-order chi connectivity index (χ0) is 31.8. The average molecular weight is 612 g/mol. The third-order valence-electron chi connectivity index (χ3n) is 7.74. The van der Waals surface area contributed by atoms with Gasteiger partial charge in [0.05, 0.1) is 16.1 Å². The van der Waals surface area contributed by atoms with Gasteiger partial charge in [-0.1, -0.05) is 63.2 Å². The Morgan fingerprint density at radius 2 is 1.57 bits per heavy atom. The first-order chi connectivity index (χ1) is 20.8. The number of nitrogens with zero attached hydrogens (tertiary/aromatic N) is 1. The summed E-state index contributed by atoms with van der Waals surface area (Å²) in [6.07, 6.45) is -1.15. The van der Waals surface area contributed by atoms with Crippen LogP contribution in [0.15, 0.2) is 89.8 Å². The molecule has 5 rings (SSSR count). The first-order valence-corrected chi connectivity index (χ1v) is 16.0. The molecule has 0 aliphatic rings. The van der Waals surface area contributed by atoms with Gasteiger partial charge in [-0.15, -0.1) is 0 Å². The topological polar surface area (TPSA) is 106 Å². The Bertz CT molecular complexity index is 2000. The monoisotopic (exact) mass is 611 g/mol. The molecule has 0 saturated carbocycles. The van der Waals surface area contributed by atoms with Crippen molar-refractivity contribution in [1.82, 2.24) is 4.57 Å². The lowest BCUT2D eigenvalue weighted by atomic mass is 9.87. The number of anilines is 2. The van der Waals surface area contributed by atoms with Crippen LogP contribution in [-0.2, 0) is 31.5 Å². The van der Waals surface area contributed by atoms with Crippen LogP contribution in [0.2, 0.25) is 0 Å². The van der Waals surface area contributed by atoms with Crippen LogP contribution in [0.3, 0.4) is 0 Å².